The summed E-state index contributed by atoms with van der Waals surface area (Å²) in [5.41, 5.74) is 6.71. The topological polar surface area (TPSA) is 70.6 Å². The Morgan fingerprint density at radius 2 is 2.25 bits per heavy atom. The summed E-state index contributed by atoms with van der Waals surface area (Å²) in [6.45, 7) is 2.75. The van der Waals surface area contributed by atoms with Gasteiger partial charge in [-0.2, -0.15) is 0 Å². The fourth-order valence-corrected chi connectivity index (χ4v) is 2.37. The number of hydrogen-bond donors (Lipinski definition) is 3. The molecule has 5 heteroatoms. The summed E-state index contributed by atoms with van der Waals surface area (Å²) < 4.78 is 13.5. The molecule has 1 fully saturated rings. The molecule has 0 amide bonds. The van der Waals surface area contributed by atoms with Crippen molar-refractivity contribution in [2.75, 3.05) is 0 Å². The molecule has 110 valence electrons. The van der Waals surface area contributed by atoms with Crippen LogP contribution in [0.1, 0.15) is 43.7 Å². The van der Waals surface area contributed by atoms with E-state index >= 15 is 0 Å². The van der Waals surface area contributed by atoms with Gasteiger partial charge in [0.2, 0.25) is 0 Å². The monoisotopic (exact) mass is 279 g/mol. The summed E-state index contributed by atoms with van der Waals surface area (Å²) in [5.74, 6) is 0.421. The summed E-state index contributed by atoms with van der Waals surface area (Å²) >= 11 is 0. The third-order valence-corrected chi connectivity index (χ3v) is 3.76. The molecular formula is C15H22FN3O. The standard InChI is InChI=1S/C15H22FN3O/c1-2-14(7-10-3-4-10)18-9-11-5-12(15(17)19-20)8-13(16)6-11/h5-6,8,10,14,18,20H,2-4,7,9H2,1H3,(H2,17,19). The molecule has 4 N–H and O–H groups in total. The Bertz CT molecular complexity index is 486. The van der Waals surface area contributed by atoms with Gasteiger partial charge in [-0.15, -0.1) is 0 Å². The second-order valence-corrected chi connectivity index (χ2v) is 5.50. The lowest BCUT2D eigenvalue weighted by atomic mass is 10.1. The van der Waals surface area contributed by atoms with Crippen molar-refractivity contribution in [3.05, 3.63) is 35.1 Å². The van der Waals surface area contributed by atoms with E-state index in [1.807, 2.05) is 0 Å². The lowest BCUT2D eigenvalue weighted by Crippen LogP contribution is -2.28. The number of oxime groups is 1. The second kappa shape index (κ2) is 6.70. The molecule has 1 aliphatic carbocycles. The van der Waals surface area contributed by atoms with E-state index in [0.717, 1.165) is 17.9 Å². The first-order chi connectivity index (χ1) is 9.62. The number of amidine groups is 1. The summed E-state index contributed by atoms with van der Waals surface area (Å²) in [5, 5.41) is 15.0. The molecule has 1 atom stereocenters. The maximum absolute atomic E-state index is 13.5. The zero-order valence-electron chi connectivity index (χ0n) is 11.8. The molecule has 1 unspecified atom stereocenters. The lowest BCUT2D eigenvalue weighted by Gasteiger charge is -2.17. The minimum Gasteiger partial charge on any atom is -0.409 e. The van der Waals surface area contributed by atoms with Gasteiger partial charge in [-0.05, 0) is 42.5 Å². The molecule has 0 aliphatic heterocycles. The highest BCUT2D eigenvalue weighted by molar-refractivity contribution is 5.97. The Kier molecular flexibility index (Phi) is 4.95. The van der Waals surface area contributed by atoms with Gasteiger partial charge in [-0.1, -0.05) is 24.9 Å². The molecule has 0 spiro atoms. The van der Waals surface area contributed by atoms with Crippen molar-refractivity contribution in [2.45, 2.75) is 45.2 Å². The van der Waals surface area contributed by atoms with E-state index < -0.39 is 0 Å². The van der Waals surface area contributed by atoms with E-state index in [4.69, 9.17) is 10.9 Å². The van der Waals surface area contributed by atoms with E-state index in [0.29, 0.717) is 18.2 Å². The van der Waals surface area contributed by atoms with Crippen molar-refractivity contribution >= 4 is 5.84 Å². The lowest BCUT2D eigenvalue weighted by molar-refractivity contribution is 0.318. The van der Waals surface area contributed by atoms with Gasteiger partial charge >= 0.3 is 0 Å². The van der Waals surface area contributed by atoms with Crippen LogP contribution in [0.2, 0.25) is 0 Å². The zero-order chi connectivity index (χ0) is 14.5. The van der Waals surface area contributed by atoms with Crippen molar-refractivity contribution in [3.63, 3.8) is 0 Å². The molecule has 2 rings (SSSR count). The number of nitrogens with zero attached hydrogens (tertiary/aromatic N) is 1. The molecule has 1 aliphatic rings. The largest absolute Gasteiger partial charge is 0.409 e. The van der Waals surface area contributed by atoms with E-state index in [-0.39, 0.29) is 11.7 Å². The first kappa shape index (κ1) is 14.8. The molecular weight excluding hydrogens is 257 g/mol. The Labute approximate surface area is 118 Å². The van der Waals surface area contributed by atoms with Gasteiger partial charge < -0.3 is 16.3 Å². The first-order valence-electron chi connectivity index (χ1n) is 7.13. The number of hydrogen-bond acceptors (Lipinski definition) is 3. The average Bonchev–Trinajstić information content (AvgIpc) is 3.25. The number of rotatable bonds is 7. The number of halogens is 1. The Morgan fingerprint density at radius 3 is 2.85 bits per heavy atom. The predicted octanol–water partition coefficient (Wildman–Crippen LogP) is 2.59. The van der Waals surface area contributed by atoms with Gasteiger partial charge in [0, 0.05) is 18.2 Å². The molecule has 0 saturated heterocycles. The van der Waals surface area contributed by atoms with Crippen molar-refractivity contribution in [1.29, 1.82) is 0 Å². The van der Waals surface area contributed by atoms with Gasteiger partial charge in [0.15, 0.2) is 5.84 Å². The van der Waals surface area contributed by atoms with Crippen molar-refractivity contribution in [3.8, 4) is 0 Å². The highest BCUT2D eigenvalue weighted by Crippen LogP contribution is 2.34. The van der Waals surface area contributed by atoms with Crippen molar-refractivity contribution < 1.29 is 9.60 Å². The average molecular weight is 279 g/mol. The summed E-state index contributed by atoms with van der Waals surface area (Å²) in [6.07, 6.45) is 4.94. The molecule has 0 radical (unpaired) electrons. The number of nitrogens with two attached hydrogens (primary N) is 1. The van der Waals surface area contributed by atoms with Gasteiger partial charge in [0.25, 0.3) is 0 Å². The molecule has 0 heterocycles. The Morgan fingerprint density at radius 1 is 1.50 bits per heavy atom. The van der Waals surface area contributed by atoms with E-state index in [2.05, 4.69) is 17.4 Å². The van der Waals surface area contributed by atoms with Gasteiger partial charge in [-0.3, -0.25) is 0 Å². The van der Waals surface area contributed by atoms with Crippen molar-refractivity contribution in [2.24, 2.45) is 16.8 Å². The second-order valence-electron chi connectivity index (χ2n) is 5.50. The summed E-state index contributed by atoms with van der Waals surface area (Å²) in [6, 6.07) is 4.96. The molecule has 1 saturated carbocycles. The maximum atomic E-state index is 13.5. The third-order valence-electron chi connectivity index (χ3n) is 3.76. The normalized spacial score (nSPS) is 17.2. The molecule has 1 aromatic rings. The maximum Gasteiger partial charge on any atom is 0.170 e. The van der Waals surface area contributed by atoms with Crippen LogP contribution in [-0.4, -0.2) is 17.1 Å². The summed E-state index contributed by atoms with van der Waals surface area (Å²) in [4.78, 5) is 0. The highest BCUT2D eigenvalue weighted by atomic mass is 19.1. The quantitative estimate of drug-likeness (QED) is 0.311. The van der Waals surface area contributed by atoms with Gasteiger partial charge in [0.05, 0.1) is 0 Å². The Balaban J connectivity index is 1.98. The van der Waals surface area contributed by atoms with Crippen LogP contribution >= 0.6 is 0 Å². The Hall–Kier alpha value is -1.62. The van der Waals surface area contributed by atoms with Crippen LogP contribution in [0.5, 0.6) is 0 Å². The van der Waals surface area contributed by atoms with Crippen LogP contribution < -0.4 is 11.1 Å². The number of nitrogens with one attached hydrogen (secondary N) is 1. The molecule has 1 aromatic carbocycles. The molecule has 0 bridgehead atoms. The SMILES string of the molecule is CCC(CC1CC1)NCc1cc(F)cc(/C(N)=N/O)c1. The van der Waals surface area contributed by atoms with Crippen molar-refractivity contribution in [1.82, 2.24) is 5.32 Å². The van der Waals surface area contributed by atoms with E-state index in [1.165, 1.54) is 31.4 Å². The molecule has 20 heavy (non-hydrogen) atoms. The molecule has 0 aromatic heterocycles. The highest BCUT2D eigenvalue weighted by Gasteiger charge is 2.24. The minimum absolute atomic E-state index is 0.0734. The smallest absolute Gasteiger partial charge is 0.170 e. The molecule has 4 nitrogen and oxygen atoms in total. The van der Waals surface area contributed by atoms with Crippen LogP contribution in [0.4, 0.5) is 4.39 Å². The summed E-state index contributed by atoms with van der Waals surface area (Å²) in [7, 11) is 0. The fraction of sp³-hybridized carbons (Fsp3) is 0.533. The number of benzene rings is 1. The van der Waals surface area contributed by atoms with Crippen LogP contribution in [0, 0.1) is 11.7 Å². The van der Waals surface area contributed by atoms with Crippen LogP contribution in [0.25, 0.3) is 0 Å². The van der Waals surface area contributed by atoms with Gasteiger partial charge in [0.1, 0.15) is 5.82 Å². The fourth-order valence-electron chi connectivity index (χ4n) is 2.37. The third kappa shape index (κ3) is 4.20. The minimum atomic E-state index is -0.374. The van der Waals surface area contributed by atoms with E-state index in [9.17, 15) is 4.39 Å². The first-order valence-corrected chi connectivity index (χ1v) is 7.13. The van der Waals surface area contributed by atoms with E-state index in [1.54, 1.807) is 6.07 Å². The van der Waals surface area contributed by atoms with Crippen LogP contribution in [0.15, 0.2) is 23.4 Å². The van der Waals surface area contributed by atoms with Crippen LogP contribution in [0.3, 0.4) is 0 Å². The zero-order valence-corrected chi connectivity index (χ0v) is 11.8. The predicted molar refractivity (Wildman–Crippen MR) is 77.2 cm³/mol. The van der Waals surface area contributed by atoms with Gasteiger partial charge in [-0.25, -0.2) is 4.39 Å². The van der Waals surface area contributed by atoms with Crippen LogP contribution in [-0.2, 0) is 6.54 Å².